The van der Waals surface area contributed by atoms with Crippen molar-refractivity contribution in [2.75, 3.05) is 17.2 Å². The first kappa shape index (κ1) is 15.3. The Kier molecular flexibility index (Phi) is 4.81. The molecule has 0 spiro atoms. The smallest absolute Gasteiger partial charge is 0.243 e. The molecule has 2 aromatic rings. The Labute approximate surface area is 128 Å². The molecule has 0 aromatic heterocycles. The number of amides is 1. The van der Waals surface area contributed by atoms with Crippen molar-refractivity contribution in [1.82, 2.24) is 0 Å². The molecule has 0 bridgehead atoms. The minimum absolute atomic E-state index is 0.0501. The standard InChI is InChI=1S/C16H16ClFN2O/c1-10-6-7-12(8-14(10)18)19-9-16(21)20-15-5-3-4-13(17)11(15)2/h3-8,19H,9H2,1-2H3,(H,20,21). The monoisotopic (exact) mass is 306 g/mol. The molecule has 2 aromatic carbocycles. The fraction of sp³-hybridized carbons (Fsp3) is 0.188. The van der Waals surface area contributed by atoms with Crippen LogP contribution in [0, 0.1) is 19.7 Å². The number of carbonyl (C=O) groups excluding carboxylic acids is 1. The maximum absolute atomic E-state index is 13.4. The van der Waals surface area contributed by atoms with E-state index in [9.17, 15) is 9.18 Å². The lowest BCUT2D eigenvalue weighted by atomic mass is 10.2. The molecular weight excluding hydrogens is 291 g/mol. The minimum Gasteiger partial charge on any atom is -0.376 e. The molecule has 0 fully saturated rings. The van der Waals surface area contributed by atoms with Crippen molar-refractivity contribution in [3.8, 4) is 0 Å². The molecule has 0 radical (unpaired) electrons. The summed E-state index contributed by atoms with van der Waals surface area (Å²) in [6.45, 7) is 3.57. The fourth-order valence-electron chi connectivity index (χ4n) is 1.82. The fourth-order valence-corrected chi connectivity index (χ4v) is 2.00. The Morgan fingerprint density at radius 2 is 2.00 bits per heavy atom. The van der Waals surface area contributed by atoms with Gasteiger partial charge in [0.2, 0.25) is 5.91 Å². The summed E-state index contributed by atoms with van der Waals surface area (Å²) in [5.41, 5.74) is 2.62. The van der Waals surface area contributed by atoms with E-state index in [0.29, 0.717) is 22.0 Å². The number of anilines is 2. The molecule has 0 aliphatic rings. The Bertz CT molecular complexity index is 673. The number of hydrogen-bond acceptors (Lipinski definition) is 2. The molecule has 21 heavy (non-hydrogen) atoms. The van der Waals surface area contributed by atoms with E-state index in [1.54, 1.807) is 37.3 Å². The average Bonchev–Trinajstić information content (AvgIpc) is 2.45. The number of carbonyl (C=O) groups is 1. The first-order chi connectivity index (χ1) is 9.97. The van der Waals surface area contributed by atoms with Crippen molar-refractivity contribution in [1.29, 1.82) is 0 Å². The largest absolute Gasteiger partial charge is 0.376 e. The van der Waals surface area contributed by atoms with Crippen LogP contribution in [0.3, 0.4) is 0 Å². The van der Waals surface area contributed by atoms with Gasteiger partial charge < -0.3 is 10.6 Å². The quantitative estimate of drug-likeness (QED) is 0.891. The normalized spacial score (nSPS) is 10.3. The summed E-state index contributed by atoms with van der Waals surface area (Å²) in [6, 6.07) is 10.1. The molecule has 0 unspecified atom stereocenters. The van der Waals surface area contributed by atoms with Crippen LogP contribution in [0.2, 0.25) is 5.02 Å². The number of benzene rings is 2. The zero-order valence-electron chi connectivity index (χ0n) is 11.8. The third-order valence-electron chi connectivity index (χ3n) is 3.17. The lowest BCUT2D eigenvalue weighted by Gasteiger charge is -2.11. The zero-order valence-corrected chi connectivity index (χ0v) is 12.6. The number of hydrogen-bond donors (Lipinski definition) is 2. The summed E-state index contributed by atoms with van der Waals surface area (Å²) in [6.07, 6.45) is 0. The van der Waals surface area contributed by atoms with Crippen LogP contribution in [0.1, 0.15) is 11.1 Å². The van der Waals surface area contributed by atoms with Gasteiger partial charge >= 0.3 is 0 Å². The van der Waals surface area contributed by atoms with Crippen molar-refractivity contribution >= 4 is 28.9 Å². The van der Waals surface area contributed by atoms with E-state index in [0.717, 1.165) is 5.56 Å². The van der Waals surface area contributed by atoms with Crippen LogP contribution in [0.25, 0.3) is 0 Å². The molecule has 110 valence electrons. The second-order valence-corrected chi connectivity index (χ2v) is 5.19. The summed E-state index contributed by atoms with van der Waals surface area (Å²) >= 11 is 5.99. The maximum atomic E-state index is 13.4. The van der Waals surface area contributed by atoms with Gasteiger partial charge in [0.1, 0.15) is 5.82 Å². The third-order valence-corrected chi connectivity index (χ3v) is 3.58. The van der Waals surface area contributed by atoms with Crippen molar-refractivity contribution in [3.63, 3.8) is 0 Å². The molecule has 0 aliphatic heterocycles. The molecule has 2 rings (SSSR count). The maximum Gasteiger partial charge on any atom is 0.243 e. The van der Waals surface area contributed by atoms with E-state index < -0.39 is 0 Å². The van der Waals surface area contributed by atoms with Crippen LogP contribution in [-0.2, 0) is 4.79 Å². The van der Waals surface area contributed by atoms with Gasteiger partial charge in [-0.1, -0.05) is 23.7 Å². The Hall–Kier alpha value is -2.07. The van der Waals surface area contributed by atoms with Crippen molar-refractivity contribution in [2.45, 2.75) is 13.8 Å². The number of nitrogens with one attached hydrogen (secondary N) is 2. The van der Waals surface area contributed by atoms with E-state index in [1.165, 1.54) is 6.07 Å². The number of halogens is 2. The van der Waals surface area contributed by atoms with Crippen LogP contribution < -0.4 is 10.6 Å². The van der Waals surface area contributed by atoms with Crippen molar-refractivity contribution < 1.29 is 9.18 Å². The molecule has 5 heteroatoms. The van der Waals surface area contributed by atoms with Gasteiger partial charge in [-0.15, -0.1) is 0 Å². The molecule has 0 saturated carbocycles. The van der Waals surface area contributed by atoms with E-state index >= 15 is 0 Å². The predicted octanol–water partition coefficient (Wildman–Crippen LogP) is 4.15. The van der Waals surface area contributed by atoms with Gasteiger partial charge in [-0.2, -0.15) is 0 Å². The molecule has 0 aliphatic carbocycles. The van der Waals surface area contributed by atoms with E-state index in [-0.39, 0.29) is 18.3 Å². The first-order valence-electron chi connectivity index (χ1n) is 6.52. The highest BCUT2D eigenvalue weighted by atomic mass is 35.5. The van der Waals surface area contributed by atoms with Crippen LogP contribution in [0.5, 0.6) is 0 Å². The highest BCUT2D eigenvalue weighted by molar-refractivity contribution is 6.31. The topological polar surface area (TPSA) is 41.1 Å². The van der Waals surface area contributed by atoms with Crippen LogP contribution in [0.15, 0.2) is 36.4 Å². The van der Waals surface area contributed by atoms with E-state index in [1.807, 2.05) is 6.92 Å². The minimum atomic E-state index is -0.300. The average molecular weight is 307 g/mol. The Morgan fingerprint density at radius 3 is 2.71 bits per heavy atom. The van der Waals surface area contributed by atoms with Crippen LogP contribution in [0.4, 0.5) is 15.8 Å². The van der Waals surface area contributed by atoms with Gasteiger partial charge in [0, 0.05) is 16.4 Å². The third kappa shape index (κ3) is 3.95. The van der Waals surface area contributed by atoms with Gasteiger partial charge in [-0.3, -0.25) is 4.79 Å². The van der Waals surface area contributed by atoms with E-state index in [2.05, 4.69) is 10.6 Å². The van der Waals surface area contributed by atoms with Crippen LogP contribution in [-0.4, -0.2) is 12.5 Å². The van der Waals surface area contributed by atoms with Gasteiger partial charge in [0.15, 0.2) is 0 Å². The summed E-state index contributed by atoms with van der Waals surface area (Å²) in [5.74, 6) is -0.521. The van der Waals surface area contributed by atoms with Gasteiger partial charge in [-0.25, -0.2) is 4.39 Å². The predicted molar refractivity (Wildman–Crippen MR) is 84.4 cm³/mol. The second-order valence-electron chi connectivity index (χ2n) is 4.78. The zero-order chi connectivity index (χ0) is 15.4. The lowest BCUT2D eigenvalue weighted by Crippen LogP contribution is -2.22. The Morgan fingerprint density at radius 1 is 1.24 bits per heavy atom. The summed E-state index contributed by atoms with van der Waals surface area (Å²) < 4.78 is 13.4. The van der Waals surface area contributed by atoms with Gasteiger partial charge in [0.05, 0.1) is 6.54 Å². The summed E-state index contributed by atoms with van der Waals surface area (Å²) in [4.78, 5) is 11.9. The second kappa shape index (κ2) is 6.59. The van der Waals surface area contributed by atoms with E-state index in [4.69, 9.17) is 11.6 Å². The summed E-state index contributed by atoms with van der Waals surface area (Å²) in [5, 5.41) is 6.25. The summed E-state index contributed by atoms with van der Waals surface area (Å²) in [7, 11) is 0. The van der Waals surface area contributed by atoms with Crippen molar-refractivity contribution in [2.24, 2.45) is 0 Å². The molecule has 1 amide bonds. The van der Waals surface area contributed by atoms with Crippen molar-refractivity contribution in [3.05, 3.63) is 58.4 Å². The molecule has 0 saturated heterocycles. The van der Waals surface area contributed by atoms with Gasteiger partial charge in [-0.05, 0) is 49.2 Å². The molecule has 3 nitrogen and oxygen atoms in total. The molecular formula is C16H16ClFN2O. The molecule has 0 atom stereocenters. The first-order valence-corrected chi connectivity index (χ1v) is 6.90. The number of aryl methyl sites for hydroxylation is 1. The Balaban J connectivity index is 1.96. The van der Waals surface area contributed by atoms with Gasteiger partial charge in [0.25, 0.3) is 0 Å². The SMILES string of the molecule is Cc1ccc(NCC(=O)Nc2cccc(Cl)c2C)cc1F. The highest BCUT2D eigenvalue weighted by Gasteiger charge is 2.07. The molecule has 2 N–H and O–H groups in total. The number of rotatable bonds is 4. The molecule has 0 heterocycles. The highest BCUT2D eigenvalue weighted by Crippen LogP contribution is 2.22. The lowest BCUT2D eigenvalue weighted by molar-refractivity contribution is -0.114. The van der Waals surface area contributed by atoms with Crippen LogP contribution >= 0.6 is 11.6 Å².